The molecule has 0 aliphatic rings. The van der Waals surface area contributed by atoms with Gasteiger partial charge in [-0.15, -0.1) is 0 Å². The van der Waals surface area contributed by atoms with Gasteiger partial charge < -0.3 is 5.11 Å². The number of rotatable bonds is 3. The fraction of sp³-hybridized carbons (Fsp3) is 0.222. The predicted octanol–water partition coefficient (Wildman–Crippen LogP) is 4.66. The van der Waals surface area contributed by atoms with E-state index in [1.54, 1.807) is 18.2 Å². The van der Waals surface area contributed by atoms with Crippen molar-refractivity contribution in [2.24, 2.45) is 5.10 Å². The van der Waals surface area contributed by atoms with Crippen LogP contribution in [0.1, 0.15) is 42.3 Å². The number of amides is 1. The van der Waals surface area contributed by atoms with E-state index in [2.05, 4.69) is 76.5 Å². The molecule has 2 aromatic rings. The molecule has 0 saturated heterocycles. The monoisotopic (exact) mass is 548 g/mol. The molecule has 2 rings (SSSR count). The minimum absolute atomic E-state index is 0.0479. The van der Waals surface area contributed by atoms with Crippen molar-refractivity contribution in [3.05, 3.63) is 60.2 Å². The molecular weight excluding hydrogens is 530 g/mol. The molecule has 6 heteroatoms. The Morgan fingerprint density at radius 2 is 1.79 bits per heavy atom. The first-order valence-electron chi connectivity index (χ1n) is 7.30. The zero-order valence-electron chi connectivity index (χ0n) is 13.6. The number of phenolic OH excluding ortho intramolecular Hbond substituents is 1. The number of benzene rings is 2. The van der Waals surface area contributed by atoms with E-state index < -0.39 is 0 Å². The third-order valence-electron chi connectivity index (χ3n) is 3.44. The fourth-order valence-electron chi connectivity index (χ4n) is 2.03. The molecule has 4 nitrogen and oxygen atoms in total. The highest BCUT2D eigenvalue weighted by Crippen LogP contribution is 2.25. The van der Waals surface area contributed by atoms with Gasteiger partial charge in [0.15, 0.2) is 0 Å². The van der Waals surface area contributed by atoms with E-state index in [4.69, 9.17) is 0 Å². The number of aromatic hydroxyl groups is 1. The van der Waals surface area contributed by atoms with E-state index in [9.17, 15) is 9.90 Å². The van der Waals surface area contributed by atoms with Gasteiger partial charge in [-0.1, -0.05) is 32.9 Å². The van der Waals surface area contributed by atoms with Gasteiger partial charge in [0.25, 0.3) is 5.91 Å². The lowest BCUT2D eigenvalue weighted by Gasteiger charge is -2.18. The lowest BCUT2D eigenvalue weighted by Crippen LogP contribution is -2.18. The summed E-state index contributed by atoms with van der Waals surface area (Å²) < 4.78 is 1.73. The van der Waals surface area contributed by atoms with Crippen molar-refractivity contribution in [1.82, 2.24) is 5.43 Å². The smallest absolute Gasteiger partial charge is 0.271 e. The summed E-state index contributed by atoms with van der Waals surface area (Å²) in [5.41, 5.74) is 4.81. The first-order chi connectivity index (χ1) is 11.2. The minimum Gasteiger partial charge on any atom is -0.506 e. The third kappa shape index (κ3) is 4.92. The van der Waals surface area contributed by atoms with E-state index in [0.717, 1.165) is 7.14 Å². The van der Waals surface area contributed by atoms with Gasteiger partial charge in [-0.3, -0.25) is 4.79 Å². The molecule has 2 N–H and O–H groups in total. The Bertz CT molecular complexity index is 779. The second-order valence-corrected chi connectivity index (χ2v) is 8.76. The lowest BCUT2D eigenvalue weighted by molar-refractivity contribution is 0.0955. The standard InChI is InChI=1S/C18H18I2N2O2/c1-18(2,3)13-6-4-11(5-7-13)17(24)22-21-10-12-8-14(19)9-15(20)16(12)23/h4-10,23H,1-3H3,(H,22,24). The Morgan fingerprint density at radius 1 is 1.17 bits per heavy atom. The number of carbonyl (C=O) groups excluding carboxylic acids is 1. The van der Waals surface area contributed by atoms with Crippen LogP contribution in [0.4, 0.5) is 0 Å². The Balaban J connectivity index is 2.08. The number of hydrogen-bond donors (Lipinski definition) is 2. The van der Waals surface area contributed by atoms with Gasteiger partial charge in [-0.05, 0) is 80.4 Å². The molecular formula is C18H18I2N2O2. The highest BCUT2D eigenvalue weighted by Gasteiger charge is 2.14. The molecule has 0 unspecified atom stereocenters. The van der Waals surface area contributed by atoms with Gasteiger partial charge in [-0.25, -0.2) is 5.43 Å². The van der Waals surface area contributed by atoms with Crippen molar-refractivity contribution in [2.45, 2.75) is 26.2 Å². The maximum atomic E-state index is 12.1. The number of nitrogens with one attached hydrogen (secondary N) is 1. The average molecular weight is 548 g/mol. The number of carbonyl (C=O) groups is 1. The van der Waals surface area contributed by atoms with Crippen LogP contribution in [0, 0.1) is 7.14 Å². The minimum atomic E-state index is -0.286. The molecule has 0 aliphatic carbocycles. The molecule has 0 radical (unpaired) electrons. The van der Waals surface area contributed by atoms with Crippen molar-refractivity contribution in [2.75, 3.05) is 0 Å². The van der Waals surface area contributed by atoms with Gasteiger partial charge in [0, 0.05) is 14.7 Å². The van der Waals surface area contributed by atoms with E-state index in [-0.39, 0.29) is 17.1 Å². The average Bonchev–Trinajstić information content (AvgIpc) is 2.51. The predicted molar refractivity (Wildman–Crippen MR) is 114 cm³/mol. The first-order valence-corrected chi connectivity index (χ1v) is 9.46. The number of nitrogens with zero attached hydrogens (tertiary/aromatic N) is 1. The quantitative estimate of drug-likeness (QED) is 0.333. The Labute approximate surface area is 169 Å². The molecule has 0 bridgehead atoms. The SMILES string of the molecule is CC(C)(C)c1ccc(C(=O)NN=Cc2cc(I)cc(I)c2O)cc1. The van der Waals surface area contributed by atoms with Crippen molar-refractivity contribution in [3.8, 4) is 5.75 Å². The Hall–Kier alpha value is -1.16. The van der Waals surface area contributed by atoms with Gasteiger partial charge in [0.1, 0.15) is 5.75 Å². The van der Waals surface area contributed by atoms with E-state index in [1.807, 2.05) is 18.2 Å². The Kier molecular flexibility index (Phi) is 6.24. The van der Waals surface area contributed by atoms with Crippen LogP contribution in [0.3, 0.4) is 0 Å². The summed E-state index contributed by atoms with van der Waals surface area (Å²) in [6.45, 7) is 6.38. The third-order valence-corrected chi connectivity index (χ3v) is 4.89. The first kappa shape index (κ1) is 19.2. The Morgan fingerprint density at radius 3 is 2.38 bits per heavy atom. The summed E-state index contributed by atoms with van der Waals surface area (Å²) in [7, 11) is 0. The molecule has 0 heterocycles. The van der Waals surface area contributed by atoms with Crippen LogP contribution in [0.5, 0.6) is 5.75 Å². The topological polar surface area (TPSA) is 61.7 Å². The second-order valence-electron chi connectivity index (χ2n) is 6.35. The normalized spacial score (nSPS) is 11.7. The highest BCUT2D eigenvalue weighted by atomic mass is 127. The molecule has 0 aromatic heterocycles. The van der Waals surface area contributed by atoms with Crippen molar-refractivity contribution in [1.29, 1.82) is 0 Å². The van der Waals surface area contributed by atoms with Gasteiger partial charge in [-0.2, -0.15) is 5.10 Å². The molecule has 126 valence electrons. The summed E-state index contributed by atoms with van der Waals surface area (Å²) >= 11 is 4.22. The molecule has 0 saturated carbocycles. The van der Waals surface area contributed by atoms with Crippen LogP contribution in [0.2, 0.25) is 0 Å². The summed E-state index contributed by atoms with van der Waals surface area (Å²) in [6, 6.07) is 11.1. The van der Waals surface area contributed by atoms with Crippen LogP contribution >= 0.6 is 45.2 Å². The van der Waals surface area contributed by atoms with Crippen LogP contribution in [-0.2, 0) is 5.41 Å². The summed E-state index contributed by atoms with van der Waals surface area (Å²) in [5.74, 6) is -0.130. The van der Waals surface area contributed by atoms with Crippen LogP contribution < -0.4 is 5.43 Å². The highest BCUT2D eigenvalue weighted by molar-refractivity contribution is 14.1. The van der Waals surface area contributed by atoms with Crippen LogP contribution in [-0.4, -0.2) is 17.2 Å². The summed E-state index contributed by atoms with van der Waals surface area (Å²) in [4.78, 5) is 12.1. The largest absolute Gasteiger partial charge is 0.506 e. The lowest BCUT2D eigenvalue weighted by atomic mass is 9.87. The molecule has 2 aromatic carbocycles. The van der Waals surface area contributed by atoms with Gasteiger partial charge in [0.2, 0.25) is 0 Å². The zero-order chi connectivity index (χ0) is 17.9. The molecule has 1 amide bonds. The number of phenols is 1. The van der Waals surface area contributed by atoms with Crippen LogP contribution in [0.15, 0.2) is 41.5 Å². The molecule has 0 atom stereocenters. The maximum Gasteiger partial charge on any atom is 0.271 e. The van der Waals surface area contributed by atoms with Gasteiger partial charge in [0.05, 0.1) is 9.78 Å². The van der Waals surface area contributed by atoms with E-state index in [1.165, 1.54) is 11.8 Å². The van der Waals surface area contributed by atoms with Crippen molar-refractivity contribution in [3.63, 3.8) is 0 Å². The number of hydrazone groups is 1. The van der Waals surface area contributed by atoms with Crippen molar-refractivity contribution >= 4 is 57.3 Å². The molecule has 0 aliphatic heterocycles. The molecule has 0 fully saturated rings. The zero-order valence-corrected chi connectivity index (χ0v) is 17.9. The fourth-order valence-corrected chi connectivity index (χ4v) is 3.92. The van der Waals surface area contributed by atoms with Crippen LogP contribution in [0.25, 0.3) is 0 Å². The van der Waals surface area contributed by atoms with E-state index in [0.29, 0.717) is 11.1 Å². The van der Waals surface area contributed by atoms with Gasteiger partial charge >= 0.3 is 0 Å². The number of halogens is 2. The number of hydrogen-bond acceptors (Lipinski definition) is 3. The second kappa shape index (κ2) is 7.81. The van der Waals surface area contributed by atoms with E-state index >= 15 is 0 Å². The molecule has 24 heavy (non-hydrogen) atoms. The summed E-state index contributed by atoms with van der Waals surface area (Å²) in [6.07, 6.45) is 1.45. The maximum absolute atomic E-state index is 12.1. The summed E-state index contributed by atoms with van der Waals surface area (Å²) in [5, 5.41) is 13.9. The molecule has 0 spiro atoms. The van der Waals surface area contributed by atoms with Crippen molar-refractivity contribution < 1.29 is 9.90 Å².